The monoisotopic (exact) mass is 367 g/mol. The first kappa shape index (κ1) is 17.3. The van der Waals surface area contributed by atoms with Crippen molar-refractivity contribution in [1.82, 2.24) is 25.1 Å². The van der Waals surface area contributed by atoms with Crippen molar-refractivity contribution in [3.63, 3.8) is 0 Å². The van der Waals surface area contributed by atoms with E-state index < -0.39 is 6.04 Å². The van der Waals surface area contributed by atoms with Crippen LogP contribution in [0.5, 0.6) is 0 Å². The highest BCUT2D eigenvalue weighted by molar-refractivity contribution is 5.83. The topological polar surface area (TPSA) is 73.1 Å². The lowest BCUT2D eigenvalue weighted by Gasteiger charge is -2.30. The van der Waals surface area contributed by atoms with E-state index in [0.717, 1.165) is 5.56 Å². The number of carbonyl (C=O) groups excluding carboxylic acids is 1. The zero-order valence-corrected chi connectivity index (χ0v) is 14.5. The van der Waals surface area contributed by atoms with E-state index in [2.05, 4.69) is 15.4 Å². The van der Waals surface area contributed by atoms with Gasteiger partial charge >= 0.3 is 0 Å². The third-order valence-electron chi connectivity index (χ3n) is 4.41. The number of aromatic nitrogens is 4. The van der Waals surface area contributed by atoms with Gasteiger partial charge < -0.3 is 9.64 Å². The van der Waals surface area contributed by atoms with Crippen LogP contribution in [0.3, 0.4) is 0 Å². The first-order valence-corrected chi connectivity index (χ1v) is 8.69. The molecule has 2 aromatic carbocycles. The van der Waals surface area contributed by atoms with Gasteiger partial charge in [-0.05, 0) is 22.9 Å². The molecule has 0 N–H and O–H groups in total. The van der Waals surface area contributed by atoms with Gasteiger partial charge in [0.1, 0.15) is 5.82 Å². The van der Waals surface area contributed by atoms with Gasteiger partial charge in [0.15, 0.2) is 6.04 Å². The van der Waals surface area contributed by atoms with Crippen LogP contribution < -0.4 is 0 Å². The molecule has 1 fully saturated rings. The van der Waals surface area contributed by atoms with Gasteiger partial charge in [-0.3, -0.25) is 4.79 Å². The zero-order valence-electron chi connectivity index (χ0n) is 14.5. The highest BCUT2D eigenvalue weighted by Crippen LogP contribution is 2.22. The minimum absolute atomic E-state index is 0.118. The molecule has 1 amide bonds. The van der Waals surface area contributed by atoms with Gasteiger partial charge in [-0.15, -0.1) is 15.0 Å². The van der Waals surface area contributed by atoms with Crippen LogP contribution in [0, 0.1) is 5.82 Å². The molecule has 1 aliphatic heterocycles. The van der Waals surface area contributed by atoms with Crippen molar-refractivity contribution in [2.24, 2.45) is 0 Å². The van der Waals surface area contributed by atoms with Crippen LogP contribution >= 0.6 is 0 Å². The largest absolute Gasteiger partial charge is 0.378 e. The summed E-state index contributed by atoms with van der Waals surface area (Å²) in [6.07, 6.45) is 0. The van der Waals surface area contributed by atoms with E-state index in [1.165, 1.54) is 16.9 Å². The van der Waals surface area contributed by atoms with Crippen molar-refractivity contribution < 1.29 is 13.9 Å². The zero-order chi connectivity index (χ0) is 18.6. The smallest absolute Gasteiger partial charge is 0.254 e. The van der Waals surface area contributed by atoms with E-state index in [1.807, 2.05) is 30.3 Å². The fourth-order valence-corrected chi connectivity index (χ4v) is 3.04. The molecule has 7 nitrogen and oxygen atoms in total. The van der Waals surface area contributed by atoms with Gasteiger partial charge in [0, 0.05) is 18.7 Å². The molecule has 1 saturated heterocycles. The highest BCUT2D eigenvalue weighted by Gasteiger charge is 2.31. The van der Waals surface area contributed by atoms with Gasteiger partial charge in [0.05, 0.1) is 13.2 Å². The van der Waals surface area contributed by atoms with Crippen LogP contribution in [0.25, 0.3) is 11.4 Å². The Hall–Kier alpha value is -3.13. The predicted octanol–water partition coefficient (Wildman–Crippen LogP) is 1.93. The summed E-state index contributed by atoms with van der Waals surface area (Å²) in [7, 11) is 0. The number of halogens is 1. The SMILES string of the molecule is O=C([C@H](c1ccccc1)n1nnc(-c2cccc(F)c2)n1)N1CCOCC1. The van der Waals surface area contributed by atoms with E-state index in [0.29, 0.717) is 31.9 Å². The molecule has 3 aromatic rings. The Balaban J connectivity index is 1.70. The van der Waals surface area contributed by atoms with Crippen molar-refractivity contribution in [2.45, 2.75) is 6.04 Å². The summed E-state index contributed by atoms with van der Waals surface area (Å²) < 4.78 is 18.8. The highest BCUT2D eigenvalue weighted by atomic mass is 19.1. The quantitative estimate of drug-likeness (QED) is 0.705. The van der Waals surface area contributed by atoms with Crippen LogP contribution in [0.1, 0.15) is 11.6 Å². The number of rotatable bonds is 4. The summed E-state index contributed by atoms with van der Waals surface area (Å²) in [6.45, 7) is 2.06. The maximum Gasteiger partial charge on any atom is 0.254 e. The fourth-order valence-electron chi connectivity index (χ4n) is 3.04. The lowest BCUT2D eigenvalue weighted by molar-refractivity contribution is -0.138. The molecule has 2 heterocycles. The van der Waals surface area contributed by atoms with Crippen molar-refractivity contribution in [3.8, 4) is 11.4 Å². The predicted molar refractivity (Wildman–Crippen MR) is 95.2 cm³/mol. The molecular formula is C19H18FN5O2. The van der Waals surface area contributed by atoms with Crippen LogP contribution in [0.2, 0.25) is 0 Å². The van der Waals surface area contributed by atoms with E-state index in [1.54, 1.807) is 17.0 Å². The van der Waals surface area contributed by atoms with Crippen LogP contribution in [-0.4, -0.2) is 57.3 Å². The number of ether oxygens (including phenoxy) is 1. The van der Waals surface area contributed by atoms with Crippen molar-refractivity contribution in [2.75, 3.05) is 26.3 Å². The summed E-state index contributed by atoms with van der Waals surface area (Å²) in [5, 5.41) is 12.5. The van der Waals surface area contributed by atoms with E-state index in [4.69, 9.17) is 4.74 Å². The van der Waals surface area contributed by atoms with Crippen molar-refractivity contribution in [3.05, 3.63) is 66.0 Å². The van der Waals surface area contributed by atoms with E-state index in [9.17, 15) is 9.18 Å². The number of carbonyl (C=O) groups is 1. The third-order valence-corrected chi connectivity index (χ3v) is 4.41. The summed E-state index contributed by atoms with van der Waals surface area (Å²) in [5.41, 5.74) is 1.27. The van der Waals surface area contributed by atoms with Crippen molar-refractivity contribution >= 4 is 5.91 Å². The maximum atomic E-state index is 13.5. The Labute approximate surface area is 155 Å². The Bertz CT molecular complexity index is 925. The summed E-state index contributed by atoms with van der Waals surface area (Å²) in [6, 6.07) is 14.5. The summed E-state index contributed by atoms with van der Waals surface area (Å²) >= 11 is 0. The summed E-state index contributed by atoms with van der Waals surface area (Å²) in [5.74, 6) is -0.231. The lowest BCUT2D eigenvalue weighted by atomic mass is 10.1. The normalized spacial score (nSPS) is 15.5. The Morgan fingerprint density at radius 2 is 1.85 bits per heavy atom. The minimum atomic E-state index is -0.737. The molecular weight excluding hydrogens is 349 g/mol. The van der Waals surface area contributed by atoms with Gasteiger partial charge in [0.2, 0.25) is 5.82 Å². The van der Waals surface area contributed by atoms with Crippen LogP contribution in [-0.2, 0) is 9.53 Å². The first-order chi connectivity index (χ1) is 13.2. The third kappa shape index (κ3) is 3.70. The number of nitrogens with zero attached hydrogens (tertiary/aromatic N) is 5. The molecule has 1 aliphatic rings. The number of hydrogen-bond acceptors (Lipinski definition) is 5. The molecule has 1 atom stereocenters. The number of morpholine rings is 1. The minimum Gasteiger partial charge on any atom is -0.378 e. The van der Waals surface area contributed by atoms with Gasteiger partial charge in [-0.25, -0.2) is 4.39 Å². The molecule has 0 aliphatic carbocycles. The Morgan fingerprint density at radius 1 is 1.07 bits per heavy atom. The second-order valence-corrected chi connectivity index (χ2v) is 6.19. The van der Waals surface area contributed by atoms with Crippen LogP contribution in [0.4, 0.5) is 4.39 Å². The number of hydrogen-bond donors (Lipinski definition) is 0. The first-order valence-electron chi connectivity index (χ1n) is 8.69. The Kier molecular flexibility index (Phi) is 4.88. The molecule has 138 valence electrons. The van der Waals surface area contributed by atoms with Crippen molar-refractivity contribution in [1.29, 1.82) is 0 Å². The fraction of sp³-hybridized carbons (Fsp3) is 0.263. The summed E-state index contributed by atoms with van der Waals surface area (Å²) in [4.78, 5) is 16.2. The maximum absolute atomic E-state index is 13.5. The van der Waals surface area contributed by atoms with E-state index >= 15 is 0 Å². The molecule has 0 saturated carbocycles. The lowest BCUT2D eigenvalue weighted by Crippen LogP contribution is -2.45. The average Bonchev–Trinajstić information content (AvgIpc) is 3.19. The van der Waals surface area contributed by atoms with E-state index in [-0.39, 0.29) is 17.5 Å². The van der Waals surface area contributed by atoms with Crippen LogP contribution in [0.15, 0.2) is 54.6 Å². The molecule has 0 spiro atoms. The molecule has 0 radical (unpaired) electrons. The molecule has 8 heteroatoms. The van der Waals surface area contributed by atoms with Gasteiger partial charge in [0.25, 0.3) is 5.91 Å². The number of tetrazole rings is 1. The second-order valence-electron chi connectivity index (χ2n) is 6.19. The number of benzene rings is 2. The molecule has 0 unspecified atom stereocenters. The second kappa shape index (κ2) is 7.63. The molecule has 0 bridgehead atoms. The molecule has 27 heavy (non-hydrogen) atoms. The average molecular weight is 367 g/mol. The Morgan fingerprint density at radius 3 is 2.59 bits per heavy atom. The van der Waals surface area contributed by atoms with Gasteiger partial charge in [-0.2, -0.15) is 0 Å². The molecule has 4 rings (SSSR count). The number of amides is 1. The standard InChI is InChI=1S/C19H18FN5O2/c20-16-8-4-7-15(13-16)18-21-23-25(22-18)17(14-5-2-1-3-6-14)19(26)24-9-11-27-12-10-24/h1-8,13,17H,9-12H2/t17-/m0/s1. The molecule has 1 aromatic heterocycles. The van der Waals surface area contributed by atoms with Gasteiger partial charge in [-0.1, -0.05) is 42.5 Å².